The lowest BCUT2D eigenvalue weighted by molar-refractivity contribution is 0.491. The van der Waals surface area contributed by atoms with Gasteiger partial charge < -0.3 is 5.32 Å². The fourth-order valence-electron chi connectivity index (χ4n) is 2.92. The van der Waals surface area contributed by atoms with Gasteiger partial charge >= 0.3 is 0 Å². The average molecular weight is 259 g/mol. The number of benzene rings is 1. The summed E-state index contributed by atoms with van der Waals surface area (Å²) in [5, 5.41) is 3.62. The van der Waals surface area contributed by atoms with Crippen LogP contribution in [0, 0.1) is 5.92 Å². The number of rotatable bonds is 5. The Labute approximate surface area is 118 Å². The molecule has 19 heavy (non-hydrogen) atoms. The molecule has 0 saturated heterocycles. The highest BCUT2D eigenvalue weighted by molar-refractivity contribution is 5.27. The summed E-state index contributed by atoms with van der Waals surface area (Å²) < 4.78 is 0. The Morgan fingerprint density at radius 1 is 1.05 bits per heavy atom. The van der Waals surface area contributed by atoms with E-state index in [9.17, 15) is 0 Å². The third-order valence-corrected chi connectivity index (χ3v) is 4.32. The first-order valence-electron chi connectivity index (χ1n) is 7.86. The summed E-state index contributed by atoms with van der Waals surface area (Å²) in [4.78, 5) is 0. The van der Waals surface area contributed by atoms with Crippen LogP contribution in [0.1, 0.15) is 57.6 Å². The van der Waals surface area contributed by atoms with Crippen LogP contribution in [0.5, 0.6) is 0 Å². The lowest BCUT2D eigenvalue weighted by Crippen LogP contribution is -2.23. The predicted molar refractivity (Wildman–Crippen MR) is 83.7 cm³/mol. The molecule has 1 aromatic rings. The fraction of sp³-hybridized carbons (Fsp3) is 0.667. The van der Waals surface area contributed by atoms with E-state index in [1.54, 1.807) is 0 Å². The molecule has 0 heterocycles. The smallest absolute Gasteiger partial charge is 0.000824 e. The van der Waals surface area contributed by atoms with Gasteiger partial charge in [-0.3, -0.25) is 0 Å². The second-order valence-electron chi connectivity index (χ2n) is 7.05. The van der Waals surface area contributed by atoms with Crippen LogP contribution in [0.4, 0.5) is 0 Å². The molecular formula is C18H29N. The maximum Gasteiger partial charge on any atom is -0.000824 e. The van der Waals surface area contributed by atoms with Gasteiger partial charge in [-0.05, 0) is 54.8 Å². The van der Waals surface area contributed by atoms with E-state index >= 15 is 0 Å². The summed E-state index contributed by atoms with van der Waals surface area (Å²) in [6.45, 7) is 9.15. The SMILES string of the molecule is CC(C)(C)c1ccc(CCNCC2CCCC2)cc1. The van der Waals surface area contributed by atoms with E-state index in [0.717, 1.165) is 18.9 Å². The van der Waals surface area contributed by atoms with Crippen LogP contribution in [-0.4, -0.2) is 13.1 Å². The normalized spacial score (nSPS) is 17.0. The largest absolute Gasteiger partial charge is 0.316 e. The highest BCUT2D eigenvalue weighted by Gasteiger charge is 2.14. The molecule has 0 spiro atoms. The van der Waals surface area contributed by atoms with E-state index in [0.29, 0.717) is 0 Å². The Balaban J connectivity index is 1.71. The molecule has 1 aliphatic carbocycles. The van der Waals surface area contributed by atoms with E-state index in [1.165, 1.54) is 43.4 Å². The van der Waals surface area contributed by atoms with E-state index in [1.807, 2.05) is 0 Å². The molecule has 1 N–H and O–H groups in total. The zero-order valence-electron chi connectivity index (χ0n) is 12.8. The zero-order chi connectivity index (χ0) is 13.7. The molecule has 1 aromatic carbocycles. The fourth-order valence-corrected chi connectivity index (χ4v) is 2.92. The minimum absolute atomic E-state index is 0.263. The van der Waals surface area contributed by atoms with Crippen molar-refractivity contribution in [2.75, 3.05) is 13.1 Å². The maximum atomic E-state index is 3.62. The Morgan fingerprint density at radius 3 is 2.26 bits per heavy atom. The molecule has 106 valence electrons. The van der Waals surface area contributed by atoms with Gasteiger partial charge in [0.1, 0.15) is 0 Å². The van der Waals surface area contributed by atoms with Gasteiger partial charge in [0.2, 0.25) is 0 Å². The third-order valence-electron chi connectivity index (χ3n) is 4.32. The van der Waals surface area contributed by atoms with E-state index < -0.39 is 0 Å². The first-order chi connectivity index (χ1) is 9.05. The molecule has 1 fully saturated rings. The van der Waals surface area contributed by atoms with Crippen molar-refractivity contribution in [3.63, 3.8) is 0 Å². The van der Waals surface area contributed by atoms with Crippen molar-refractivity contribution in [1.29, 1.82) is 0 Å². The third kappa shape index (κ3) is 4.65. The van der Waals surface area contributed by atoms with Gasteiger partial charge in [0.25, 0.3) is 0 Å². The van der Waals surface area contributed by atoms with E-state index in [4.69, 9.17) is 0 Å². The van der Waals surface area contributed by atoms with Crippen LogP contribution in [0.3, 0.4) is 0 Å². The molecule has 1 saturated carbocycles. The van der Waals surface area contributed by atoms with Crippen LogP contribution in [0.25, 0.3) is 0 Å². The molecule has 1 aliphatic rings. The molecular weight excluding hydrogens is 230 g/mol. The highest BCUT2D eigenvalue weighted by Crippen LogP contribution is 2.24. The molecule has 0 aromatic heterocycles. The highest BCUT2D eigenvalue weighted by atomic mass is 14.9. The van der Waals surface area contributed by atoms with Gasteiger partial charge in [0, 0.05) is 0 Å². The number of hydrogen-bond donors (Lipinski definition) is 1. The maximum absolute atomic E-state index is 3.62. The second kappa shape index (κ2) is 6.56. The quantitative estimate of drug-likeness (QED) is 0.777. The van der Waals surface area contributed by atoms with Gasteiger partial charge in [-0.1, -0.05) is 57.9 Å². The minimum Gasteiger partial charge on any atom is -0.316 e. The molecule has 0 atom stereocenters. The van der Waals surface area contributed by atoms with Crippen LogP contribution >= 0.6 is 0 Å². The monoisotopic (exact) mass is 259 g/mol. The van der Waals surface area contributed by atoms with Crippen molar-refractivity contribution in [1.82, 2.24) is 5.32 Å². The van der Waals surface area contributed by atoms with Crippen LogP contribution in [0.2, 0.25) is 0 Å². The lowest BCUT2D eigenvalue weighted by atomic mass is 9.86. The lowest BCUT2D eigenvalue weighted by Gasteiger charge is -2.19. The summed E-state index contributed by atoms with van der Waals surface area (Å²) in [5.74, 6) is 0.947. The average Bonchev–Trinajstić information content (AvgIpc) is 2.87. The van der Waals surface area contributed by atoms with Gasteiger partial charge in [0.15, 0.2) is 0 Å². The standard InChI is InChI=1S/C18H29N/c1-18(2,3)17-10-8-15(9-11-17)12-13-19-14-16-6-4-5-7-16/h8-11,16,19H,4-7,12-14H2,1-3H3. The summed E-state index contributed by atoms with van der Waals surface area (Å²) in [6.07, 6.45) is 6.92. The molecule has 0 unspecified atom stereocenters. The van der Waals surface area contributed by atoms with Crippen molar-refractivity contribution >= 4 is 0 Å². The minimum atomic E-state index is 0.263. The summed E-state index contributed by atoms with van der Waals surface area (Å²) >= 11 is 0. The molecule has 1 heteroatoms. The first kappa shape index (κ1) is 14.6. The topological polar surface area (TPSA) is 12.0 Å². The van der Waals surface area contributed by atoms with Crippen molar-refractivity contribution < 1.29 is 0 Å². The molecule has 2 rings (SSSR count). The Morgan fingerprint density at radius 2 is 1.68 bits per heavy atom. The summed E-state index contributed by atoms with van der Waals surface area (Å²) in [6, 6.07) is 9.15. The summed E-state index contributed by atoms with van der Waals surface area (Å²) in [5.41, 5.74) is 3.14. The number of nitrogens with one attached hydrogen (secondary N) is 1. The van der Waals surface area contributed by atoms with Crippen molar-refractivity contribution in [3.05, 3.63) is 35.4 Å². The number of hydrogen-bond acceptors (Lipinski definition) is 1. The van der Waals surface area contributed by atoms with Crippen molar-refractivity contribution in [3.8, 4) is 0 Å². The first-order valence-corrected chi connectivity index (χ1v) is 7.86. The van der Waals surface area contributed by atoms with Crippen molar-refractivity contribution in [2.24, 2.45) is 5.92 Å². The molecule has 0 bridgehead atoms. The molecule has 1 nitrogen and oxygen atoms in total. The second-order valence-corrected chi connectivity index (χ2v) is 7.05. The van der Waals surface area contributed by atoms with Crippen LogP contribution in [-0.2, 0) is 11.8 Å². The zero-order valence-corrected chi connectivity index (χ0v) is 12.8. The van der Waals surface area contributed by atoms with Crippen LogP contribution in [0.15, 0.2) is 24.3 Å². The molecule has 0 amide bonds. The van der Waals surface area contributed by atoms with Gasteiger partial charge in [-0.25, -0.2) is 0 Å². The Bertz CT molecular complexity index is 366. The summed E-state index contributed by atoms with van der Waals surface area (Å²) in [7, 11) is 0. The predicted octanol–water partition coefficient (Wildman–Crippen LogP) is 4.31. The van der Waals surface area contributed by atoms with Gasteiger partial charge in [-0.15, -0.1) is 0 Å². The Hall–Kier alpha value is -0.820. The van der Waals surface area contributed by atoms with E-state index in [-0.39, 0.29) is 5.41 Å². The van der Waals surface area contributed by atoms with Crippen molar-refractivity contribution in [2.45, 2.75) is 58.3 Å². The van der Waals surface area contributed by atoms with Gasteiger partial charge in [0.05, 0.1) is 0 Å². The van der Waals surface area contributed by atoms with Crippen LogP contribution < -0.4 is 5.32 Å². The molecule has 0 aliphatic heterocycles. The van der Waals surface area contributed by atoms with Gasteiger partial charge in [-0.2, -0.15) is 0 Å². The molecule has 0 radical (unpaired) electrons. The Kier molecular flexibility index (Phi) is 5.04. The van der Waals surface area contributed by atoms with E-state index in [2.05, 4.69) is 50.4 Å².